The molecule has 0 heterocycles. The number of hydrogen-bond donors (Lipinski definition) is 2. The van der Waals surface area contributed by atoms with Crippen LogP contribution in [0.25, 0.3) is 0 Å². The van der Waals surface area contributed by atoms with E-state index in [9.17, 15) is 0 Å². The molecule has 2 saturated carbocycles. The van der Waals surface area contributed by atoms with E-state index in [0.717, 1.165) is 0 Å². The molecule has 10 heavy (non-hydrogen) atoms. The second-order valence-corrected chi connectivity index (χ2v) is 4.46. The van der Waals surface area contributed by atoms with Gasteiger partial charge in [0, 0.05) is 11.3 Å². The van der Waals surface area contributed by atoms with Gasteiger partial charge in [0.05, 0.1) is 0 Å². The first-order valence-electron chi connectivity index (χ1n) is 3.64. The fourth-order valence-corrected chi connectivity index (χ4v) is 3.10. The third kappa shape index (κ3) is 1.17. The molecule has 0 saturated heterocycles. The van der Waals surface area contributed by atoms with Gasteiger partial charge < -0.3 is 5.73 Å². The zero-order chi connectivity index (χ0) is 6.48. The van der Waals surface area contributed by atoms with Crippen LogP contribution < -0.4 is 5.73 Å². The summed E-state index contributed by atoms with van der Waals surface area (Å²) in [4.78, 5) is 0. The Morgan fingerprint density at radius 1 is 1.20 bits per heavy atom. The Balaban J connectivity index is 0.000000500. The Kier molecular flexibility index (Phi) is 2.24. The summed E-state index contributed by atoms with van der Waals surface area (Å²) in [5, 5.41) is 0.692. The largest absolute Gasteiger partial charge is 0.328 e. The van der Waals surface area contributed by atoms with Gasteiger partial charge in [-0.2, -0.15) is 12.6 Å². The van der Waals surface area contributed by atoms with E-state index in [2.05, 4.69) is 12.6 Å². The third-order valence-corrected chi connectivity index (χ3v) is 3.09. The third-order valence-electron chi connectivity index (χ3n) is 2.73. The average molecular weight is 180 g/mol. The van der Waals surface area contributed by atoms with Crippen molar-refractivity contribution < 1.29 is 0 Å². The highest BCUT2D eigenvalue weighted by atomic mass is 35.5. The molecule has 2 N–H and O–H groups in total. The van der Waals surface area contributed by atoms with Crippen molar-refractivity contribution in [2.45, 2.75) is 37.0 Å². The summed E-state index contributed by atoms with van der Waals surface area (Å²) < 4.78 is 0. The maximum atomic E-state index is 5.68. The molecule has 0 bridgehead atoms. The van der Waals surface area contributed by atoms with E-state index in [0.29, 0.717) is 16.7 Å². The standard InChI is InChI=1S/C7H13NS.ClH/c8-5-1-7(2-5)3-6(9)4-7;/h5-6,9H,1-4,8H2;1H. The summed E-state index contributed by atoms with van der Waals surface area (Å²) in [5.41, 5.74) is 6.37. The van der Waals surface area contributed by atoms with E-state index in [4.69, 9.17) is 5.73 Å². The SMILES string of the molecule is Cl.NC1CC2(C1)CC(S)C2. The number of halogens is 1. The Morgan fingerprint density at radius 3 is 2.00 bits per heavy atom. The molecule has 1 nitrogen and oxygen atoms in total. The number of rotatable bonds is 0. The molecule has 0 atom stereocenters. The van der Waals surface area contributed by atoms with Gasteiger partial charge in [-0.25, -0.2) is 0 Å². The molecule has 1 spiro atoms. The minimum Gasteiger partial charge on any atom is -0.328 e. The van der Waals surface area contributed by atoms with Gasteiger partial charge in [-0.05, 0) is 31.1 Å². The second-order valence-electron chi connectivity index (χ2n) is 3.73. The van der Waals surface area contributed by atoms with Crippen LogP contribution in [0.1, 0.15) is 25.7 Å². The van der Waals surface area contributed by atoms with Gasteiger partial charge in [0.1, 0.15) is 0 Å². The van der Waals surface area contributed by atoms with E-state index in [1.54, 1.807) is 0 Å². The molecule has 0 aromatic carbocycles. The molecule has 60 valence electrons. The number of thiol groups is 1. The molecule has 0 aromatic rings. The fourth-order valence-electron chi connectivity index (χ4n) is 2.33. The maximum absolute atomic E-state index is 5.68. The highest BCUT2D eigenvalue weighted by Crippen LogP contribution is 2.56. The van der Waals surface area contributed by atoms with Crippen LogP contribution in [0, 0.1) is 5.41 Å². The van der Waals surface area contributed by atoms with Crippen LogP contribution in [0.3, 0.4) is 0 Å². The van der Waals surface area contributed by atoms with E-state index in [-0.39, 0.29) is 12.4 Å². The van der Waals surface area contributed by atoms with E-state index in [1.165, 1.54) is 25.7 Å². The van der Waals surface area contributed by atoms with Gasteiger partial charge in [0.15, 0.2) is 0 Å². The van der Waals surface area contributed by atoms with Crippen LogP contribution in [0.2, 0.25) is 0 Å². The van der Waals surface area contributed by atoms with Crippen LogP contribution in [0.4, 0.5) is 0 Å². The number of nitrogens with two attached hydrogens (primary N) is 1. The van der Waals surface area contributed by atoms with Crippen LogP contribution in [-0.2, 0) is 0 Å². The van der Waals surface area contributed by atoms with Crippen molar-refractivity contribution in [1.82, 2.24) is 0 Å². The summed E-state index contributed by atoms with van der Waals surface area (Å²) >= 11 is 4.37. The lowest BCUT2D eigenvalue weighted by atomic mass is 9.54. The summed E-state index contributed by atoms with van der Waals surface area (Å²) in [7, 11) is 0. The Bertz CT molecular complexity index is 108. The van der Waals surface area contributed by atoms with Gasteiger partial charge in [0.2, 0.25) is 0 Å². The Hall–Kier alpha value is 0.600. The van der Waals surface area contributed by atoms with Gasteiger partial charge in [-0.3, -0.25) is 0 Å². The minimum absolute atomic E-state index is 0. The van der Waals surface area contributed by atoms with Crippen molar-refractivity contribution in [3.05, 3.63) is 0 Å². The molecular formula is C7H14ClNS. The first kappa shape index (κ1) is 8.69. The summed E-state index contributed by atoms with van der Waals surface area (Å²) in [5.74, 6) is 0. The van der Waals surface area contributed by atoms with E-state index >= 15 is 0 Å². The van der Waals surface area contributed by atoms with Crippen LogP contribution >= 0.6 is 25.0 Å². The summed E-state index contributed by atoms with van der Waals surface area (Å²) in [6, 6.07) is 0.519. The number of hydrogen-bond acceptors (Lipinski definition) is 2. The topological polar surface area (TPSA) is 26.0 Å². The normalized spacial score (nSPS) is 51.0. The molecule has 0 amide bonds. The van der Waals surface area contributed by atoms with Crippen molar-refractivity contribution in [3.8, 4) is 0 Å². The van der Waals surface area contributed by atoms with Crippen molar-refractivity contribution in [3.63, 3.8) is 0 Å². The predicted octanol–water partition coefficient (Wildman–Crippen LogP) is 1.61. The minimum atomic E-state index is 0. The van der Waals surface area contributed by atoms with E-state index in [1.807, 2.05) is 0 Å². The average Bonchev–Trinajstić information content (AvgIpc) is 1.58. The molecule has 2 fully saturated rings. The van der Waals surface area contributed by atoms with Crippen molar-refractivity contribution in [2.24, 2.45) is 11.1 Å². The lowest BCUT2D eigenvalue weighted by molar-refractivity contribution is 0.0189. The molecule has 2 rings (SSSR count). The van der Waals surface area contributed by atoms with Crippen molar-refractivity contribution in [2.75, 3.05) is 0 Å². The molecule has 3 heteroatoms. The van der Waals surface area contributed by atoms with Crippen LogP contribution in [-0.4, -0.2) is 11.3 Å². The zero-order valence-electron chi connectivity index (χ0n) is 5.92. The van der Waals surface area contributed by atoms with Gasteiger partial charge >= 0.3 is 0 Å². The molecular weight excluding hydrogens is 166 g/mol. The quantitative estimate of drug-likeness (QED) is 0.543. The predicted molar refractivity (Wildman–Crippen MR) is 48.9 cm³/mol. The Labute approximate surface area is 73.6 Å². The summed E-state index contributed by atoms with van der Waals surface area (Å²) in [6.45, 7) is 0. The molecule has 0 aliphatic heterocycles. The van der Waals surface area contributed by atoms with Crippen LogP contribution in [0.5, 0.6) is 0 Å². The zero-order valence-corrected chi connectivity index (χ0v) is 7.63. The lowest BCUT2D eigenvalue weighted by Gasteiger charge is -2.55. The first-order chi connectivity index (χ1) is 4.20. The highest BCUT2D eigenvalue weighted by Gasteiger charge is 2.50. The molecule has 0 radical (unpaired) electrons. The molecule has 2 aliphatic rings. The van der Waals surface area contributed by atoms with Crippen molar-refractivity contribution in [1.29, 1.82) is 0 Å². The van der Waals surface area contributed by atoms with Crippen molar-refractivity contribution >= 4 is 25.0 Å². The van der Waals surface area contributed by atoms with Gasteiger partial charge in [-0.15, -0.1) is 12.4 Å². The maximum Gasteiger partial charge on any atom is 0.00494 e. The van der Waals surface area contributed by atoms with Crippen LogP contribution in [0.15, 0.2) is 0 Å². The highest BCUT2D eigenvalue weighted by molar-refractivity contribution is 7.81. The monoisotopic (exact) mass is 179 g/mol. The smallest absolute Gasteiger partial charge is 0.00494 e. The second kappa shape index (κ2) is 2.58. The summed E-state index contributed by atoms with van der Waals surface area (Å²) in [6.07, 6.45) is 5.18. The van der Waals surface area contributed by atoms with E-state index < -0.39 is 0 Å². The molecule has 2 aliphatic carbocycles. The fraction of sp³-hybridized carbons (Fsp3) is 1.00. The molecule has 0 aromatic heterocycles. The first-order valence-corrected chi connectivity index (χ1v) is 4.16. The Morgan fingerprint density at radius 2 is 1.70 bits per heavy atom. The molecule has 0 unspecified atom stereocenters. The lowest BCUT2D eigenvalue weighted by Crippen LogP contribution is -2.53. The van der Waals surface area contributed by atoms with Gasteiger partial charge in [-0.1, -0.05) is 0 Å². The van der Waals surface area contributed by atoms with Gasteiger partial charge in [0.25, 0.3) is 0 Å².